The largest absolute Gasteiger partial charge is 0.337 e. The Morgan fingerprint density at radius 3 is 3.00 bits per heavy atom. The number of amides is 2. The summed E-state index contributed by atoms with van der Waals surface area (Å²) in [4.78, 5) is 16.2. The molecular weight excluding hydrogens is 300 g/mol. The first-order chi connectivity index (χ1) is 10.7. The van der Waals surface area contributed by atoms with Crippen LogP contribution in [-0.4, -0.2) is 22.0 Å². The summed E-state index contributed by atoms with van der Waals surface area (Å²) in [6.07, 6.45) is 4.44. The summed E-state index contributed by atoms with van der Waals surface area (Å²) in [6, 6.07) is 12.7. The Bertz CT molecular complexity index is 799. The molecule has 5 nitrogen and oxygen atoms in total. The Kier molecular flexibility index (Phi) is 4.25. The Morgan fingerprint density at radius 2 is 2.14 bits per heavy atom. The third-order valence-corrected chi connectivity index (χ3v) is 3.47. The van der Waals surface area contributed by atoms with E-state index < -0.39 is 0 Å². The van der Waals surface area contributed by atoms with Crippen molar-refractivity contribution in [2.45, 2.75) is 6.42 Å². The van der Waals surface area contributed by atoms with E-state index in [-0.39, 0.29) is 6.03 Å². The number of anilines is 1. The number of fused-ring (bicyclic) bond motifs is 1. The van der Waals surface area contributed by atoms with E-state index >= 15 is 0 Å². The maximum atomic E-state index is 11.8. The second kappa shape index (κ2) is 6.49. The quantitative estimate of drug-likeness (QED) is 0.776. The van der Waals surface area contributed by atoms with Crippen molar-refractivity contribution in [2.24, 2.45) is 0 Å². The molecule has 0 radical (unpaired) electrons. The van der Waals surface area contributed by atoms with Gasteiger partial charge in [-0.3, -0.25) is 0 Å². The monoisotopic (exact) mass is 314 g/mol. The fourth-order valence-corrected chi connectivity index (χ4v) is 2.40. The number of carbonyl (C=O) groups excluding carboxylic acids is 1. The molecule has 2 N–H and O–H groups in total. The first-order valence-electron chi connectivity index (χ1n) is 6.94. The number of nitrogens with one attached hydrogen (secondary N) is 2. The van der Waals surface area contributed by atoms with Crippen LogP contribution in [0.3, 0.4) is 0 Å². The van der Waals surface area contributed by atoms with Crippen LogP contribution in [0.25, 0.3) is 5.52 Å². The van der Waals surface area contributed by atoms with Crippen LogP contribution in [0, 0.1) is 0 Å². The van der Waals surface area contributed by atoms with Gasteiger partial charge < -0.3 is 15.0 Å². The normalized spacial score (nSPS) is 10.6. The zero-order chi connectivity index (χ0) is 15.4. The van der Waals surface area contributed by atoms with Crippen molar-refractivity contribution in [1.82, 2.24) is 14.7 Å². The number of urea groups is 1. The summed E-state index contributed by atoms with van der Waals surface area (Å²) < 4.78 is 2.01. The number of pyridine rings is 1. The van der Waals surface area contributed by atoms with Crippen molar-refractivity contribution in [3.63, 3.8) is 0 Å². The Balaban J connectivity index is 1.53. The Hall–Kier alpha value is -2.53. The molecule has 0 aliphatic rings. The predicted molar refractivity (Wildman–Crippen MR) is 87.4 cm³/mol. The smallest absolute Gasteiger partial charge is 0.319 e. The molecule has 3 aromatic rings. The van der Waals surface area contributed by atoms with Gasteiger partial charge in [-0.25, -0.2) is 9.78 Å². The predicted octanol–water partition coefficient (Wildman–Crippen LogP) is 3.35. The number of aromatic nitrogens is 2. The number of imidazole rings is 1. The van der Waals surface area contributed by atoms with Gasteiger partial charge in [0.25, 0.3) is 0 Å². The molecule has 2 amide bonds. The SMILES string of the molecule is O=C(NCCc1ncc2ccccn12)Nc1cccc(Cl)c1. The highest BCUT2D eigenvalue weighted by molar-refractivity contribution is 6.30. The van der Waals surface area contributed by atoms with Crippen molar-refractivity contribution in [3.05, 3.63) is 65.7 Å². The van der Waals surface area contributed by atoms with Gasteiger partial charge >= 0.3 is 6.03 Å². The fourth-order valence-electron chi connectivity index (χ4n) is 2.21. The van der Waals surface area contributed by atoms with Crippen molar-refractivity contribution >= 4 is 28.8 Å². The maximum absolute atomic E-state index is 11.8. The molecule has 0 bridgehead atoms. The van der Waals surface area contributed by atoms with E-state index in [2.05, 4.69) is 15.6 Å². The van der Waals surface area contributed by atoms with Gasteiger partial charge in [0.05, 0.1) is 11.7 Å². The van der Waals surface area contributed by atoms with Gasteiger partial charge in [-0.2, -0.15) is 0 Å². The lowest BCUT2D eigenvalue weighted by atomic mass is 10.3. The summed E-state index contributed by atoms with van der Waals surface area (Å²) in [7, 11) is 0. The summed E-state index contributed by atoms with van der Waals surface area (Å²) in [5.74, 6) is 0.915. The third kappa shape index (κ3) is 3.38. The number of nitrogens with zero attached hydrogens (tertiary/aromatic N) is 2. The topological polar surface area (TPSA) is 58.4 Å². The average Bonchev–Trinajstić information content (AvgIpc) is 2.91. The Morgan fingerprint density at radius 1 is 1.23 bits per heavy atom. The van der Waals surface area contributed by atoms with Crippen LogP contribution in [0.4, 0.5) is 10.5 Å². The first-order valence-corrected chi connectivity index (χ1v) is 7.31. The van der Waals surface area contributed by atoms with E-state index in [4.69, 9.17) is 11.6 Å². The number of halogens is 1. The van der Waals surface area contributed by atoms with Crippen LogP contribution in [0.15, 0.2) is 54.9 Å². The molecular formula is C16H15ClN4O. The molecule has 6 heteroatoms. The number of carbonyl (C=O) groups is 1. The van der Waals surface area contributed by atoms with Crippen LogP contribution in [0.1, 0.15) is 5.82 Å². The van der Waals surface area contributed by atoms with Crippen molar-refractivity contribution in [1.29, 1.82) is 0 Å². The molecule has 0 fully saturated rings. The summed E-state index contributed by atoms with van der Waals surface area (Å²) in [5, 5.41) is 6.13. The highest BCUT2D eigenvalue weighted by atomic mass is 35.5. The molecule has 0 saturated carbocycles. The molecule has 2 heterocycles. The standard InChI is InChI=1S/C16H15ClN4O/c17-12-4-3-5-13(10-12)20-16(22)18-8-7-15-19-11-14-6-1-2-9-21(14)15/h1-6,9-11H,7-8H2,(H2,18,20,22). The molecule has 2 aromatic heterocycles. The number of benzene rings is 1. The molecule has 1 aromatic carbocycles. The van der Waals surface area contributed by atoms with Gasteiger partial charge in [-0.15, -0.1) is 0 Å². The van der Waals surface area contributed by atoms with E-state index in [9.17, 15) is 4.79 Å². The van der Waals surface area contributed by atoms with Crippen molar-refractivity contribution in [3.8, 4) is 0 Å². The first kappa shape index (κ1) is 14.4. The van der Waals surface area contributed by atoms with Gasteiger partial charge in [0, 0.05) is 29.9 Å². The van der Waals surface area contributed by atoms with Crippen LogP contribution < -0.4 is 10.6 Å². The van der Waals surface area contributed by atoms with Crippen molar-refractivity contribution in [2.75, 3.05) is 11.9 Å². The Labute approximate surface area is 132 Å². The number of rotatable bonds is 4. The van der Waals surface area contributed by atoms with Crippen LogP contribution in [0.2, 0.25) is 5.02 Å². The minimum Gasteiger partial charge on any atom is -0.337 e. The zero-order valence-electron chi connectivity index (χ0n) is 11.8. The van der Waals surface area contributed by atoms with Gasteiger partial charge in [-0.1, -0.05) is 23.7 Å². The molecule has 0 spiro atoms. The van der Waals surface area contributed by atoms with Gasteiger partial charge in [0.2, 0.25) is 0 Å². The maximum Gasteiger partial charge on any atom is 0.319 e. The van der Waals surface area contributed by atoms with E-state index in [0.29, 0.717) is 23.7 Å². The molecule has 0 atom stereocenters. The summed E-state index contributed by atoms with van der Waals surface area (Å²) in [5.41, 5.74) is 1.71. The van der Waals surface area contributed by atoms with Gasteiger partial charge in [-0.05, 0) is 30.3 Å². The minimum atomic E-state index is -0.261. The molecule has 0 unspecified atom stereocenters. The molecule has 0 aliphatic carbocycles. The van der Waals surface area contributed by atoms with Gasteiger partial charge in [0.15, 0.2) is 0 Å². The van der Waals surface area contributed by atoms with E-state index in [1.807, 2.05) is 35.0 Å². The lowest BCUT2D eigenvalue weighted by Crippen LogP contribution is -2.30. The number of hydrogen-bond donors (Lipinski definition) is 2. The third-order valence-electron chi connectivity index (χ3n) is 3.23. The highest BCUT2D eigenvalue weighted by Crippen LogP contribution is 2.14. The zero-order valence-corrected chi connectivity index (χ0v) is 12.5. The second-order valence-corrected chi connectivity index (χ2v) is 5.25. The molecule has 112 valence electrons. The van der Waals surface area contributed by atoms with Crippen molar-refractivity contribution < 1.29 is 4.79 Å². The van der Waals surface area contributed by atoms with Crippen LogP contribution >= 0.6 is 11.6 Å². The fraction of sp³-hybridized carbons (Fsp3) is 0.125. The molecule has 3 rings (SSSR count). The highest BCUT2D eigenvalue weighted by Gasteiger charge is 2.05. The summed E-state index contributed by atoms with van der Waals surface area (Å²) in [6.45, 7) is 0.500. The average molecular weight is 315 g/mol. The van der Waals surface area contributed by atoms with Gasteiger partial charge in [0.1, 0.15) is 5.82 Å². The lowest BCUT2D eigenvalue weighted by molar-refractivity contribution is 0.252. The summed E-state index contributed by atoms with van der Waals surface area (Å²) >= 11 is 5.87. The van der Waals surface area contributed by atoms with E-state index in [1.165, 1.54) is 0 Å². The van der Waals surface area contributed by atoms with Crippen LogP contribution in [0.5, 0.6) is 0 Å². The van der Waals surface area contributed by atoms with Crippen LogP contribution in [-0.2, 0) is 6.42 Å². The second-order valence-electron chi connectivity index (χ2n) is 4.81. The van der Waals surface area contributed by atoms with E-state index in [1.54, 1.807) is 24.3 Å². The number of hydrogen-bond acceptors (Lipinski definition) is 2. The molecule has 22 heavy (non-hydrogen) atoms. The lowest BCUT2D eigenvalue weighted by Gasteiger charge is -2.07. The molecule has 0 aliphatic heterocycles. The van der Waals surface area contributed by atoms with E-state index in [0.717, 1.165) is 11.3 Å². The minimum absolute atomic E-state index is 0.261. The molecule has 0 saturated heterocycles.